The zero-order chi connectivity index (χ0) is 10.7. The van der Waals surface area contributed by atoms with Crippen LogP contribution in [0.4, 0.5) is 0 Å². The molecule has 1 rings (SSSR count). The molecule has 0 saturated carbocycles. The van der Waals surface area contributed by atoms with Gasteiger partial charge in [0, 0.05) is 11.9 Å². The highest BCUT2D eigenvalue weighted by Crippen LogP contribution is 2.22. The fourth-order valence-corrected chi connectivity index (χ4v) is 1.60. The van der Waals surface area contributed by atoms with Gasteiger partial charge in [0.05, 0.1) is 5.92 Å². The number of aliphatic carboxylic acids is 1. The van der Waals surface area contributed by atoms with Crippen molar-refractivity contribution in [2.75, 3.05) is 0 Å². The maximum Gasteiger partial charge on any atom is 0.311 e. The molecule has 0 saturated heterocycles. The van der Waals surface area contributed by atoms with Crippen LogP contribution < -0.4 is 0 Å². The van der Waals surface area contributed by atoms with Crippen LogP contribution in [0.15, 0.2) is 12.3 Å². The van der Waals surface area contributed by atoms with E-state index in [0.717, 1.165) is 16.8 Å². The number of carbonyl (C=O) groups is 1. The van der Waals surface area contributed by atoms with Crippen molar-refractivity contribution in [2.24, 2.45) is 0 Å². The molecule has 0 aromatic carbocycles. The molecule has 0 aliphatic heterocycles. The van der Waals surface area contributed by atoms with Crippen LogP contribution in [0.5, 0.6) is 0 Å². The predicted octanol–water partition coefficient (Wildman–Crippen LogP) is 2.28. The van der Waals surface area contributed by atoms with Crippen molar-refractivity contribution >= 4 is 5.97 Å². The predicted molar refractivity (Wildman–Crippen MR) is 54.4 cm³/mol. The molecule has 1 aromatic heterocycles. The van der Waals surface area contributed by atoms with Gasteiger partial charge >= 0.3 is 5.97 Å². The number of hydrogen-bond donors (Lipinski definition) is 1. The molecular formula is C11H15NO2. The molecule has 1 aromatic rings. The molecule has 0 aliphatic rings. The van der Waals surface area contributed by atoms with Crippen LogP contribution in [0.25, 0.3) is 0 Å². The van der Waals surface area contributed by atoms with Crippen LogP contribution in [-0.2, 0) is 4.79 Å². The minimum Gasteiger partial charge on any atom is -0.481 e. The van der Waals surface area contributed by atoms with E-state index in [1.165, 1.54) is 0 Å². The molecular weight excluding hydrogens is 178 g/mol. The van der Waals surface area contributed by atoms with Gasteiger partial charge < -0.3 is 5.11 Å². The molecule has 0 amide bonds. The molecule has 14 heavy (non-hydrogen) atoms. The summed E-state index contributed by atoms with van der Waals surface area (Å²) in [4.78, 5) is 15.1. The molecule has 1 heterocycles. The number of hydrogen-bond acceptors (Lipinski definition) is 2. The second-order valence-electron chi connectivity index (χ2n) is 3.48. The second kappa shape index (κ2) is 4.22. The third kappa shape index (κ3) is 2.10. The highest BCUT2D eigenvalue weighted by atomic mass is 16.4. The summed E-state index contributed by atoms with van der Waals surface area (Å²) in [6, 6.07) is 1.92. The molecule has 3 heteroatoms. The van der Waals surface area contributed by atoms with Crippen molar-refractivity contribution in [3.63, 3.8) is 0 Å². The van der Waals surface area contributed by atoms with Crippen LogP contribution in [-0.4, -0.2) is 16.1 Å². The first-order valence-electron chi connectivity index (χ1n) is 4.72. The number of carboxylic acid groups (broad SMARTS) is 1. The topological polar surface area (TPSA) is 50.2 Å². The Kier molecular flexibility index (Phi) is 3.23. The average molecular weight is 193 g/mol. The Labute approximate surface area is 83.8 Å². The van der Waals surface area contributed by atoms with E-state index in [1.54, 1.807) is 6.20 Å². The van der Waals surface area contributed by atoms with Gasteiger partial charge in [-0.3, -0.25) is 9.78 Å². The van der Waals surface area contributed by atoms with Gasteiger partial charge in [0.2, 0.25) is 0 Å². The normalized spacial score (nSPS) is 12.5. The van der Waals surface area contributed by atoms with Crippen molar-refractivity contribution in [1.82, 2.24) is 4.98 Å². The van der Waals surface area contributed by atoms with E-state index < -0.39 is 11.9 Å². The highest BCUT2D eigenvalue weighted by molar-refractivity contribution is 5.76. The van der Waals surface area contributed by atoms with Gasteiger partial charge in [-0.25, -0.2) is 0 Å². The van der Waals surface area contributed by atoms with Gasteiger partial charge in [-0.1, -0.05) is 6.92 Å². The first-order valence-corrected chi connectivity index (χ1v) is 4.72. The van der Waals surface area contributed by atoms with Gasteiger partial charge in [0.25, 0.3) is 0 Å². The van der Waals surface area contributed by atoms with Crippen molar-refractivity contribution in [3.05, 3.63) is 29.1 Å². The number of aryl methyl sites for hydroxylation is 2. The van der Waals surface area contributed by atoms with Crippen molar-refractivity contribution in [3.8, 4) is 0 Å². The summed E-state index contributed by atoms with van der Waals surface area (Å²) in [6.45, 7) is 5.70. The zero-order valence-electron chi connectivity index (χ0n) is 8.74. The Balaban J connectivity index is 3.10. The summed E-state index contributed by atoms with van der Waals surface area (Å²) in [6.07, 6.45) is 2.27. The third-order valence-corrected chi connectivity index (χ3v) is 2.37. The van der Waals surface area contributed by atoms with Crippen LogP contribution in [0.1, 0.15) is 36.1 Å². The van der Waals surface area contributed by atoms with Crippen LogP contribution >= 0.6 is 0 Å². The number of nitrogens with zero attached hydrogens (tertiary/aromatic N) is 1. The smallest absolute Gasteiger partial charge is 0.311 e. The standard InChI is InChI=1S/C11H15NO2/c1-4-9(11(13)14)10-6-12-8(3)5-7(10)2/h5-6,9H,4H2,1-3H3,(H,13,14). The van der Waals surface area contributed by atoms with E-state index in [0.29, 0.717) is 6.42 Å². The molecule has 3 nitrogen and oxygen atoms in total. The SMILES string of the molecule is CCC(C(=O)O)c1cnc(C)cc1C. The second-order valence-corrected chi connectivity index (χ2v) is 3.48. The Morgan fingerprint density at radius 2 is 2.21 bits per heavy atom. The Morgan fingerprint density at radius 3 is 2.64 bits per heavy atom. The Hall–Kier alpha value is -1.38. The van der Waals surface area contributed by atoms with Gasteiger partial charge in [-0.2, -0.15) is 0 Å². The minimum atomic E-state index is -0.777. The van der Waals surface area contributed by atoms with Crippen LogP contribution in [0, 0.1) is 13.8 Å². The van der Waals surface area contributed by atoms with Crippen molar-refractivity contribution in [1.29, 1.82) is 0 Å². The fourth-order valence-electron chi connectivity index (χ4n) is 1.60. The summed E-state index contributed by atoms with van der Waals surface area (Å²) in [7, 11) is 0. The summed E-state index contributed by atoms with van der Waals surface area (Å²) in [5.74, 6) is -1.20. The molecule has 0 aliphatic carbocycles. The molecule has 0 bridgehead atoms. The third-order valence-electron chi connectivity index (χ3n) is 2.37. The van der Waals surface area contributed by atoms with Gasteiger partial charge in [-0.05, 0) is 37.5 Å². The molecule has 0 fully saturated rings. The maximum atomic E-state index is 10.9. The zero-order valence-corrected chi connectivity index (χ0v) is 8.74. The van der Waals surface area contributed by atoms with E-state index in [1.807, 2.05) is 26.8 Å². The fraction of sp³-hybridized carbons (Fsp3) is 0.455. The number of carboxylic acids is 1. The van der Waals surface area contributed by atoms with Crippen molar-refractivity contribution < 1.29 is 9.90 Å². The van der Waals surface area contributed by atoms with Crippen molar-refractivity contribution in [2.45, 2.75) is 33.1 Å². The molecule has 0 radical (unpaired) electrons. The Morgan fingerprint density at radius 1 is 1.57 bits per heavy atom. The Bertz CT molecular complexity index is 347. The van der Waals surface area contributed by atoms with E-state index in [2.05, 4.69) is 4.98 Å². The van der Waals surface area contributed by atoms with E-state index >= 15 is 0 Å². The minimum absolute atomic E-state index is 0.428. The quantitative estimate of drug-likeness (QED) is 0.801. The molecule has 0 spiro atoms. The largest absolute Gasteiger partial charge is 0.481 e. The summed E-state index contributed by atoms with van der Waals surface area (Å²) < 4.78 is 0. The van der Waals surface area contributed by atoms with E-state index in [9.17, 15) is 4.79 Å². The lowest BCUT2D eigenvalue weighted by Gasteiger charge is -2.12. The number of pyridine rings is 1. The van der Waals surface area contributed by atoms with Gasteiger partial charge in [0.1, 0.15) is 0 Å². The van der Waals surface area contributed by atoms with Crippen LogP contribution in [0.2, 0.25) is 0 Å². The highest BCUT2D eigenvalue weighted by Gasteiger charge is 2.19. The van der Waals surface area contributed by atoms with Crippen LogP contribution in [0.3, 0.4) is 0 Å². The lowest BCUT2D eigenvalue weighted by Crippen LogP contribution is -2.12. The lowest BCUT2D eigenvalue weighted by molar-refractivity contribution is -0.138. The average Bonchev–Trinajstić information content (AvgIpc) is 2.09. The summed E-state index contributed by atoms with van der Waals surface area (Å²) in [5.41, 5.74) is 2.75. The number of aromatic nitrogens is 1. The maximum absolute atomic E-state index is 10.9. The molecule has 76 valence electrons. The summed E-state index contributed by atoms with van der Waals surface area (Å²) >= 11 is 0. The van der Waals surface area contributed by atoms with E-state index in [-0.39, 0.29) is 0 Å². The molecule has 1 unspecified atom stereocenters. The van der Waals surface area contributed by atoms with Gasteiger partial charge in [0.15, 0.2) is 0 Å². The lowest BCUT2D eigenvalue weighted by atomic mass is 9.94. The van der Waals surface area contributed by atoms with E-state index in [4.69, 9.17) is 5.11 Å². The molecule has 1 N–H and O–H groups in total. The summed E-state index contributed by atoms with van der Waals surface area (Å²) in [5, 5.41) is 8.99. The monoisotopic (exact) mass is 193 g/mol. The first kappa shape index (κ1) is 10.7. The van der Waals surface area contributed by atoms with Gasteiger partial charge in [-0.15, -0.1) is 0 Å². The first-order chi connectivity index (χ1) is 6.56. The number of rotatable bonds is 3. The molecule has 1 atom stereocenters.